The summed E-state index contributed by atoms with van der Waals surface area (Å²) >= 11 is 1.73. The first-order valence-corrected chi connectivity index (χ1v) is 13.4. The number of rotatable bonds is 9. The lowest BCUT2D eigenvalue weighted by molar-refractivity contribution is 0.123. The Morgan fingerprint density at radius 1 is 1.00 bits per heavy atom. The van der Waals surface area contributed by atoms with E-state index in [0.29, 0.717) is 0 Å². The van der Waals surface area contributed by atoms with Gasteiger partial charge in [0.1, 0.15) is 0 Å². The molecule has 1 aromatic heterocycles. The maximum Gasteiger partial charge on any atom is 0.500 e. The van der Waals surface area contributed by atoms with Gasteiger partial charge >= 0.3 is 8.80 Å². The van der Waals surface area contributed by atoms with E-state index >= 15 is 0 Å². The summed E-state index contributed by atoms with van der Waals surface area (Å²) in [6, 6.07) is 15.6. The van der Waals surface area contributed by atoms with Crippen molar-refractivity contribution in [2.75, 3.05) is 21.3 Å². The first kappa shape index (κ1) is 20.9. The molecule has 0 saturated carbocycles. The molecule has 0 radical (unpaired) electrons. The second-order valence-electron chi connectivity index (χ2n) is 6.02. The number of aryl methyl sites for hydroxylation is 2. The highest BCUT2D eigenvalue weighted by Gasteiger charge is 2.37. The van der Waals surface area contributed by atoms with Crippen molar-refractivity contribution in [1.82, 2.24) is 4.98 Å². The molecule has 2 aromatic carbocycles. The minimum Gasteiger partial charge on any atom is -0.377 e. The summed E-state index contributed by atoms with van der Waals surface area (Å²) in [5, 5.41) is 0. The van der Waals surface area contributed by atoms with Crippen molar-refractivity contribution in [2.45, 2.75) is 28.6 Å². The largest absolute Gasteiger partial charge is 0.500 e. The Labute approximate surface area is 173 Å². The van der Waals surface area contributed by atoms with Crippen LogP contribution in [0.2, 0.25) is 6.04 Å². The summed E-state index contributed by atoms with van der Waals surface area (Å²) in [4.78, 5) is 5.95. The first-order chi connectivity index (χ1) is 13.1. The third kappa shape index (κ3) is 5.14. The number of hydrogen-bond acceptors (Lipinski definition) is 7. The van der Waals surface area contributed by atoms with Gasteiger partial charge < -0.3 is 13.3 Å². The molecule has 8 heteroatoms. The monoisotopic (exact) mass is 437 g/mol. The zero-order chi connectivity index (χ0) is 19.3. The molecule has 1 heterocycles. The molecule has 0 spiro atoms. The number of benzene rings is 2. The average Bonchev–Trinajstić information content (AvgIpc) is 3.12. The van der Waals surface area contributed by atoms with Crippen LogP contribution in [0.5, 0.6) is 0 Å². The molecule has 27 heavy (non-hydrogen) atoms. The number of fused-ring (bicyclic) bond motifs is 1. The summed E-state index contributed by atoms with van der Waals surface area (Å²) < 4.78 is 19.0. The van der Waals surface area contributed by atoms with Crippen LogP contribution in [-0.2, 0) is 19.7 Å². The van der Waals surface area contributed by atoms with E-state index in [-0.39, 0.29) is 0 Å². The van der Waals surface area contributed by atoms with Gasteiger partial charge in [-0.15, -0.1) is 11.3 Å². The number of aromatic nitrogens is 1. The third-order valence-electron chi connectivity index (χ3n) is 4.33. The maximum atomic E-state index is 5.57. The fourth-order valence-electron chi connectivity index (χ4n) is 2.80. The first-order valence-electron chi connectivity index (χ1n) is 8.54. The summed E-state index contributed by atoms with van der Waals surface area (Å²) in [5.74, 6) is 0. The van der Waals surface area contributed by atoms with E-state index < -0.39 is 8.80 Å². The standard InChI is InChI=1S/C19H23NO3S3Si/c1-14-9-10-17(15(13-14)11-12-27(21-2,22-3)23-4)25-26-19-20-16-7-5-6-8-18(16)24-19/h5-10,13H,11-12H2,1-4H3. The molecule has 0 fully saturated rings. The molecule has 144 valence electrons. The molecule has 0 bridgehead atoms. The van der Waals surface area contributed by atoms with Gasteiger partial charge in [-0.3, -0.25) is 0 Å². The van der Waals surface area contributed by atoms with Crippen LogP contribution in [0.25, 0.3) is 10.2 Å². The highest BCUT2D eigenvalue weighted by atomic mass is 33.1. The van der Waals surface area contributed by atoms with Crippen molar-refractivity contribution in [2.24, 2.45) is 0 Å². The molecule has 0 unspecified atom stereocenters. The zero-order valence-corrected chi connectivity index (χ0v) is 19.3. The molecule has 0 saturated heterocycles. The molecule has 0 aliphatic heterocycles. The second-order valence-corrected chi connectivity index (χ2v) is 12.6. The molecular weight excluding hydrogens is 415 g/mol. The van der Waals surface area contributed by atoms with Crippen molar-refractivity contribution >= 4 is 51.9 Å². The van der Waals surface area contributed by atoms with E-state index in [4.69, 9.17) is 18.3 Å². The van der Waals surface area contributed by atoms with E-state index in [1.807, 2.05) is 6.07 Å². The van der Waals surface area contributed by atoms with Crippen LogP contribution >= 0.6 is 32.9 Å². The molecule has 0 atom stereocenters. The molecule has 0 amide bonds. The molecule has 3 aromatic rings. The molecule has 4 nitrogen and oxygen atoms in total. The number of thiazole rings is 1. The van der Waals surface area contributed by atoms with Crippen molar-refractivity contribution in [3.63, 3.8) is 0 Å². The SMILES string of the molecule is CO[Si](CCc1cc(C)ccc1SSc1nc2ccccc2s1)(OC)OC. The van der Waals surface area contributed by atoms with Crippen LogP contribution in [-0.4, -0.2) is 35.1 Å². The van der Waals surface area contributed by atoms with E-state index in [1.54, 1.807) is 54.3 Å². The number of nitrogens with zero attached hydrogens (tertiary/aromatic N) is 1. The van der Waals surface area contributed by atoms with Crippen LogP contribution in [0.15, 0.2) is 51.7 Å². The lowest BCUT2D eigenvalue weighted by atomic mass is 10.1. The predicted octanol–water partition coefficient (Wildman–Crippen LogP) is 5.82. The third-order valence-corrected chi connectivity index (χ3v) is 10.9. The lowest BCUT2D eigenvalue weighted by Crippen LogP contribution is -2.43. The Balaban J connectivity index is 1.73. The maximum absolute atomic E-state index is 5.57. The van der Waals surface area contributed by atoms with E-state index in [0.717, 1.165) is 22.3 Å². The highest BCUT2D eigenvalue weighted by molar-refractivity contribution is 8.77. The Hall–Kier alpha value is -0.873. The minimum atomic E-state index is -2.58. The molecule has 0 aliphatic carbocycles. The number of para-hydroxylation sites is 1. The van der Waals surface area contributed by atoms with Crippen molar-refractivity contribution in [3.8, 4) is 0 Å². The van der Waals surface area contributed by atoms with Crippen LogP contribution < -0.4 is 0 Å². The van der Waals surface area contributed by atoms with Gasteiger partial charge in [-0.1, -0.05) is 29.8 Å². The van der Waals surface area contributed by atoms with E-state index in [1.165, 1.54) is 20.7 Å². The summed E-state index contributed by atoms with van der Waals surface area (Å²) in [6.45, 7) is 2.12. The Bertz CT molecular complexity index is 858. The Kier molecular flexibility index (Phi) is 7.38. The van der Waals surface area contributed by atoms with Gasteiger partial charge in [-0.2, -0.15) is 0 Å². The van der Waals surface area contributed by atoms with E-state index in [9.17, 15) is 0 Å². The normalized spacial score (nSPS) is 12.0. The van der Waals surface area contributed by atoms with Gasteiger partial charge in [-0.25, -0.2) is 4.98 Å². The summed E-state index contributed by atoms with van der Waals surface area (Å²) in [6.07, 6.45) is 0.853. The predicted molar refractivity (Wildman–Crippen MR) is 118 cm³/mol. The fourth-order valence-corrected chi connectivity index (χ4v) is 7.97. The number of hydrogen-bond donors (Lipinski definition) is 0. The summed E-state index contributed by atoms with van der Waals surface area (Å²) in [7, 11) is 5.87. The van der Waals surface area contributed by atoms with Gasteiger partial charge in [0, 0.05) is 32.3 Å². The van der Waals surface area contributed by atoms with Crippen LogP contribution in [0.4, 0.5) is 0 Å². The van der Waals surface area contributed by atoms with Gasteiger partial charge in [-0.05, 0) is 58.7 Å². The van der Waals surface area contributed by atoms with Crippen molar-refractivity contribution < 1.29 is 13.3 Å². The molecule has 0 N–H and O–H groups in total. The highest BCUT2D eigenvalue weighted by Crippen LogP contribution is 2.42. The van der Waals surface area contributed by atoms with Crippen molar-refractivity contribution in [3.05, 3.63) is 53.6 Å². The second kappa shape index (κ2) is 9.55. The van der Waals surface area contributed by atoms with Gasteiger partial charge in [0.15, 0.2) is 4.34 Å². The van der Waals surface area contributed by atoms with Crippen LogP contribution in [0.1, 0.15) is 11.1 Å². The lowest BCUT2D eigenvalue weighted by Gasteiger charge is -2.24. The van der Waals surface area contributed by atoms with Gasteiger partial charge in [0.25, 0.3) is 0 Å². The van der Waals surface area contributed by atoms with Crippen LogP contribution in [0, 0.1) is 6.92 Å². The van der Waals surface area contributed by atoms with Gasteiger partial charge in [0.2, 0.25) is 0 Å². The average molecular weight is 438 g/mol. The van der Waals surface area contributed by atoms with E-state index in [2.05, 4.69) is 43.3 Å². The quantitative estimate of drug-likeness (QED) is 0.310. The molecular formula is C19H23NO3S3Si. The van der Waals surface area contributed by atoms with Gasteiger partial charge in [0.05, 0.1) is 10.2 Å². The summed E-state index contributed by atoms with van der Waals surface area (Å²) in [5.41, 5.74) is 3.60. The minimum absolute atomic E-state index is 0.749. The van der Waals surface area contributed by atoms with Crippen LogP contribution in [0.3, 0.4) is 0 Å². The zero-order valence-electron chi connectivity index (χ0n) is 15.9. The smallest absolute Gasteiger partial charge is 0.377 e. The topological polar surface area (TPSA) is 40.6 Å². The molecule has 0 aliphatic rings. The van der Waals surface area contributed by atoms with Crippen molar-refractivity contribution in [1.29, 1.82) is 0 Å². The Morgan fingerprint density at radius 3 is 2.44 bits per heavy atom. The molecule has 3 rings (SSSR count). The Morgan fingerprint density at radius 2 is 1.74 bits per heavy atom. The fraction of sp³-hybridized carbons (Fsp3) is 0.316.